The molecular weight excluding hydrogens is 560 g/mol. The third-order valence-electron chi connectivity index (χ3n) is 6.68. The molecule has 12 nitrogen and oxygen atoms in total. The number of aryl methyl sites for hydroxylation is 1. The van der Waals surface area contributed by atoms with Gasteiger partial charge < -0.3 is 20.1 Å². The fourth-order valence-corrected chi connectivity index (χ4v) is 5.34. The van der Waals surface area contributed by atoms with Crippen LogP contribution in [0.15, 0.2) is 71.6 Å². The van der Waals surface area contributed by atoms with Gasteiger partial charge in [0.25, 0.3) is 10.0 Å². The number of amides is 2. The minimum atomic E-state index is -4.11. The van der Waals surface area contributed by atoms with Crippen LogP contribution in [-0.4, -0.2) is 57.5 Å². The summed E-state index contributed by atoms with van der Waals surface area (Å²) in [6, 6.07) is 18.5. The normalized spacial score (nSPS) is 13.2. The molecule has 1 aromatic heterocycles. The Morgan fingerprint density at radius 3 is 2.19 bits per heavy atom. The molecule has 5 rings (SSSR count). The quantitative estimate of drug-likeness (QED) is 0.204. The number of imide groups is 1. The highest BCUT2D eigenvalue weighted by Crippen LogP contribution is 2.31. The number of sulfonamides is 1. The summed E-state index contributed by atoms with van der Waals surface area (Å²) in [6.07, 6.45) is 0.294. The van der Waals surface area contributed by atoms with Crippen LogP contribution < -0.4 is 30.1 Å². The second-order valence-electron chi connectivity index (χ2n) is 9.66. The number of para-hydroxylation sites is 2. The van der Waals surface area contributed by atoms with E-state index in [0.717, 1.165) is 0 Å². The highest BCUT2D eigenvalue weighted by Gasteiger charge is 2.26. The molecule has 4 aromatic rings. The molecule has 1 saturated heterocycles. The second-order valence-corrected chi connectivity index (χ2v) is 11.3. The van der Waals surface area contributed by atoms with E-state index in [1.807, 2.05) is 6.07 Å². The van der Waals surface area contributed by atoms with Crippen LogP contribution in [0.25, 0.3) is 11.0 Å². The molecule has 1 fully saturated rings. The van der Waals surface area contributed by atoms with Crippen LogP contribution >= 0.6 is 0 Å². The van der Waals surface area contributed by atoms with Crippen molar-refractivity contribution >= 4 is 50.2 Å². The Morgan fingerprint density at radius 2 is 1.57 bits per heavy atom. The number of ether oxygens (including phenoxy) is 2. The number of nitrogens with one attached hydrogen (secondary N) is 4. The number of hydrogen-bond acceptors (Lipinski definition) is 10. The van der Waals surface area contributed by atoms with Gasteiger partial charge in [-0.1, -0.05) is 24.3 Å². The Morgan fingerprint density at radius 1 is 0.905 bits per heavy atom. The maximum absolute atomic E-state index is 13.5. The van der Waals surface area contributed by atoms with E-state index in [2.05, 4.69) is 30.6 Å². The molecular formula is C29H30N6O6S. The maximum atomic E-state index is 13.5. The van der Waals surface area contributed by atoms with E-state index < -0.39 is 15.9 Å². The zero-order chi connectivity index (χ0) is 29.7. The number of carbonyl (C=O) groups excluding carboxylic acids is 2. The second kappa shape index (κ2) is 12.4. The van der Waals surface area contributed by atoms with Gasteiger partial charge in [-0.05, 0) is 36.2 Å². The molecule has 0 radical (unpaired) electrons. The van der Waals surface area contributed by atoms with Crippen LogP contribution in [0.4, 0.5) is 17.3 Å². The molecule has 4 N–H and O–H groups in total. The third-order valence-corrected chi connectivity index (χ3v) is 8.02. The number of hydrogen-bond donors (Lipinski definition) is 4. The molecule has 42 heavy (non-hydrogen) atoms. The number of nitrogens with zero attached hydrogens (tertiary/aromatic N) is 2. The first-order chi connectivity index (χ1) is 20.2. The van der Waals surface area contributed by atoms with Gasteiger partial charge in [0.2, 0.25) is 11.8 Å². The summed E-state index contributed by atoms with van der Waals surface area (Å²) >= 11 is 0. The molecule has 0 bridgehead atoms. The molecule has 0 saturated carbocycles. The molecule has 0 aliphatic carbocycles. The van der Waals surface area contributed by atoms with Gasteiger partial charge in [0, 0.05) is 43.4 Å². The lowest BCUT2D eigenvalue weighted by molar-refractivity contribution is -0.133. The molecule has 2 amide bonds. The van der Waals surface area contributed by atoms with Crippen LogP contribution in [-0.2, 0) is 26.0 Å². The van der Waals surface area contributed by atoms with Gasteiger partial charge >= 0.3 is 0 Å². The highest BCUT2D eigenvalue weighted by molar-refractivity contribution is 7.92. The van der Waals surface area contributed by atoms with Gasteiger partial charge in [0.1, 0.15) is 11.5 Å². The van der Waals surface area contributed by atoms with Crippen molar-refractivity contribution in [1.29, 1.82) is 0 Å². The topological polar surface area (TPSA) is 161 Å². The van der Waals surface area contributed by atoms with E-state index >= 15 is 0 Å². The fourth-order valence-electron chi connectivity index (χ4n) is 4.26. The Bertz CT molecular complexity index is 1720. The number of carbonyl (C=O) groups is 2. The van der Waals surface area contributed by atoms with Crippen molar-refractivity contribution in [3.05, 3.63) is 72.3 Å². The molecule has 3 aromatic carbocycles. The monoisotopic (exact) mass is 590 g/mol. The van der Waals surface area contributed by atoms with Crippen molar-refractivity contribution < 1.29 is 27.5 Å². The minimum absolute atomic E-state index is 0.00994. The summed E-state index contributed by atoms with van der Waals surface area (Å²) in [5.41, 5.74) is 2.22. The SMILES string of the molecule is COc1cc(Nc2nc3ccccc3nc2NS(=O)(=O)c2cccc(CCC(=O)NC(=O)C3CNC3)c2)cc(OC)c1. The number of methoxy groups -OCH3 is 2. The van der Waals surface area contributed by atoms with Gasteiger partial charge in [-0.15, -0.1) is 0 Å². The van der Waals surface area contributed by atoms with Gasteiger partial charge in [0.15, 0.2) is 11.6 Å². The summed E-state index contributed by atoms with van der Waals surface area (Å²) in [4.78, 5) is 33.4. The smallest absolute Gasteiger partial charge is 0.263 e. The molecule has 1 aliphatic heterocycles. The standard InChI is InChI=1S/C29H30N6O6S/c1-40-21-13-20(14-22(15-21)41-2)31-27-28(33-25-9-4-3-8-24(25)32-27)35-42(38,39)23-7-5-6-18(12-23)10-11-26(36)34-29(37)19-16-30-17-19/h3-9,12-15,19,30H,10-11,16-17H2,1-2H3,(H,31,32)(H,33,35)(H,34,36,37). The average molecular weight is 591 g/mol. The minimum Gasteiger partial charge on any atom is -0.497 e. The van der Waals surface area contributed by atoms with Crippen molar-refractivity contribution in [3.63, 3.8) is 0 Å². The van der Waals surface area contributed by atoms with Gasteiger partial charge in [-0.3, -0.25) is 19.6 Å². The van der Waals surface area contributed by atoms with Crippen LogP contribution in [0, 0.1) is 5.92 Å². The molecule has 0 spiro atoms. The lowest BCUT2D eigenvalue weighted by Gasteiger charge is -2.25. The summed E-state index contributed by atoms with van der Waals surface area (Å²) in [5.74, 6) is 0.320. The predicted octanol–water partition coefficient (Wildman–Crippen LogP) is 2.99. The number of fused-ring (bicyclic) bond motifs is 1. The van der Waals surface area contributed by atoms with Gasteiger partial charge in [-0.25, -0.2) is 18.4 Å². The third kappa shape index (κ3) is 6.75. The highest BCUT2D eigenvalue weighted by atomic mass is 32.2. The van der Waals surface area contributed by atoms with Gasteiger partial charge in [0.05, 0.1) is 36.1 Å². The van der Waals surface area contributed by atoms with Crippen molar-refractivity contribution in [1.82, 2.24) is 20.6 Å². The lowest BCUT2D eigenvalue weighted by atomic mass is 10.0. The lowest BCUT2D eigenvalue weighted by Crippen LogP contribution is -2.51. The first-order valence-electron chi connectivity index (χ1n) is 13.2. The van der Waals surface area contributed by atoms with E-state index in [1.54, 1.807) is 48.5 Å². The fraction of sp³-hybridized carbons (Fsp3) is 0.241. The number of aromatic nitrogens is 2. The summed E-state index contributed by atoms with van der Waals surface area (Å²) in [7, 11) is -1.06. The largest absolute Gasteiger partial charge is 0.497 e. The van der Waals surface area contributed by atoms with Crippen molar-refractivity contribution in [3.8, 4) is 11.5 Å². The molecule has 2 heterocycles. The van der Waals surface area contributed by atoms with Crippen LogP contribution in [0.1, 0.15) is 12.0 Å². The summed E-state index contributed by atoms with van der Waals surface area (Å²) in [6.45, 7) is 1.11. The van der Waals surface area contributed by atoms with E-state index in [4.69, 9.17) is 9.47 Å². The number of benzene rings is 3. The first-order valence-corrected chi connectivity index (χ1v) is 14.7. The Labute approximate surface area is 242 Å². The van der Waals surface area contributed by atoms with Crippen LogP contribution in [0.5, 0.6) is 11.5 Å². The van der Waals surface area contributed by atoms with Gasteiger partial charge in [-0.2, -0.15) is 0 Å². The van der Waals surface area contributed by atoms with Crippen LogP contribution in [0.3, 0.4) is 0 Å². The average Bonchev–Trinajstić information content (AvgIpc) is 2.95. The predicted molar refractivity (Wildman–Crippen MR) is 157 cm³/mol. The van der Waals surface area contributed by atoms with Crippen molar-refractivity contribution in [2.75, 3.05) is 37.3 Å². The molecule has 13 heteroatoms. The zero-order valence-corrected chi connectivity index (χ0v) is 23.8. The summed E-state index contributed by atoms with van der Waals surface area (Å²) < 4.78 is 40.3. The first kappa shape index (κ1) is 28.8. The Kier molecular flexibility index (Phi) is 8.50. The molecule has 1 aliphatic rings. The molecule has 0 atom stereocenters. The number of rotatable bonds is 11. The Hall–Kier alpha value is -4.75. The molecule has 218 valence electrons. The van der Waals surface area contributed by atoms with Crippen molar-refractivity contribution in [2.45, 2.75) is 17.7 Å². The van der Waals surface area contributed by atoms with E-state index in [-0.39, 0.29) is 41.2 Å². The van der Waals surface area contributed by atoms with E-state index in [9.17, 15) is 18.0 Å². The van der Waals surface area contributed by atoms with Crippen molar-refractivity contribution in [2.24, 2.45) is 5.92 Å². The van der Waals surface area contributed by atoms with Crippen LogP contribution in [0.2, 0.25) is 0 Å². The maximum Gasteiger partial charge on any atom is 0.263 e. The van der Waals surface area contributed by atoms with E-state index in [1.165, 1.54) is 26.4 Å². The zero-order valence-electron chi connectivity index (χ0n) is 23.0. The summed E-state index contributed by atoms with van der Waals surface area (Å²) in [5, 5.41) is 8.51. The van der Waals surface area contributed by atoms with E-state index in [0.29, 0.717) is 46.9 Å². The molecule has 0 unspecified atom stereocenters. The number of anilines is 3. The Balaban J connectivity index is 1.37.